The molecule has 1 aliphatic carbocycles. The molecular weight excluding hydrogens is 342 g/mol. The Morgan fingerprint density at radius 2 is 1.78 bits per heavy atom. The van der Waals surface area contributed by atoms with E-state index in [0.29, 0.717) is 6.54 Å². The van der Waals surface area contributed by atoms with Crippen LogP contribution in [-0.2, 0) is 19.1 Å². The third-order valence-corrected chi connectivity index (χ3v) is 6.08. The van der Waals surface area contributed by atoms with Crippen molar-refractivity contribution in [3.05, 3.63) is 47.5 Å². The van der Waals surface area contributed by atoms with Gasteiger partial charge >= 0.3 is 11.9 Å². The Hall–Kier alpha value is -2.14. The molecule has 2 atom stereocenters. The van der Waals surface area contributed by atoms with Crippen LogP contribution in [0.2, 0.25) is 0 Å². The molecule has 0 radical (unpaired) electrons. The molecule has 2 aliphatic rings. The average Bonchev–Trinajstić information content (AvgIpc) is 3.00. The molecule has 0 saturated carbocycles. The van der Waals surface area contributed by atoms with Gasteiger partial charge in [0.2, 0.25) is 0 Å². The van der Waals surface area contributed by atoms with Crippen molar-refractivity contribution in [2.24, 2.45) is 11.3 Å². The second kappa shape index (κ2) is 8.26. The summed E-state index contributed by atoms with van der Waals surface area (Å²) in [5, 5.41) is 0. The predicted octanol–water partition coefficient (Wildman–Crippen LogP) is 3.51. The van der Waals surface area contributed by atoms with E-state index in [9.17, 15) is 9.59 Å². The van der Waals surface area contributed by atoms with Crippen molar-refractivity contribution in [1.29, 1.82) is 0 Å². The molecule has 3 rings (SSSR count). The van der Waals surface area contributed by atoms with Crippen molar-refractivity contribution in [2.45, 2.75) is 38.1 Å². The smallest absolute Gasteiger partial charge is 0.325 e. The molecule has 27 heavy (non-hydrogen) atoms. The van der Waals surface area contributed by atoms with Gasteiger partial charge in [0.1, 0.15) is 0 Å². The minimum atomic E-state index is -1.36. The number of likely N-dealkylation sites (tertiary alicyclic amines) is 1. The molecule has 0 spiro atoms. The van der Waals surface area contributed by atoms with E-state index in [0.717, 1.165) is 24.8 Å². The number of nitrogens with zero attached hydrogens (tertiary/aromatic N) is 1. The first-order valence-corrected chi connectivity index (χ1v) is 9.65. The van der Waals surface area contributed by atoms with Crippen LogP contribution in [0.15, 0.2) is 42.0 Å². The summed E-state index contributed by atoms with van der Waals surface area (Å²) in [5.41, 5.74) is 0.902. The average molecular weight is 371 g/mol. The van der Waals surface area contributed by atoms with Gasteiger partial charge in [-0.05, 0) is 44.7 Å². The molecule has 0 N–H and O–H groups in total. The Kier molecular flexibility index (Phi) is 6.00. The maximum Gasteiger partial charge on any atom is 0.325 e. The van der Waals surface area contributed by atoms with Gasteiger partial charge in [0.05, 0.1) is 20.3 Å². The van der Waals surface area contributed by atoms with E-state index < -0.39 is 23.4 Å². The van der Waals surface area contributed by atoms with Gasteiger partial charge in [-0.15, -0.1) is 0 Å². The van der Waals surface area contributed by atoms with E-state index in [4.69, 9.17) is 9.47 Å². The second-order valence-electron chi connectivity index (χ2n) is 7.61. The van der Waals surface area contributed by atoms with Gasteiger partial charge in [0.15, 0.2) is 5.41 Å². The molecule has 5 nitrogen and oxygen atoms in total. The van der Waals surface area contributed by atoms with Gasteiger partial charge in [0, 0.05) is 12.5 Å². The van der Waals surface area contributed by atoms with Crippen LogP contribution in [0.1, 0.15) is 43.7 Å². The van der Waals surface area contributed by atoms with E-state index in [1.807, 2.05) is 37.4 Å². The van der Waals surface area contributed by atoms with E-state index in [1.54, 1.807) is 0 Å². The largest absolute Gasteiger partial charge is 0.468 e. The van der Waals surface area contributed by atoms with E-state index in [1.165, 1.54) is 32.6 Å². The molecule has 1 aromatic rings. The predicted molar refractivity (Wildman–Crippen MR) is 103 cm³/mol. The third-order valence-electron chi connectivity index (χ3n) is 6.08. The lowest BCUT2D eigenvalue weighted by atomic mass is 9.68. The van der Waals surface area contributed by atoms with Crippen molar-refractivity contribution >= 4 is 11.9 Å². The lowest BCUT2D eigenvalue weighted by Crippen LogP contribution is -2.49. The van der Waals surface area contributed by atoms with E-state index in [2.05, 4.69) is 11.0 Å². The summed E-state index contributed by atoms with van der Waals surface area (Å²) < 4.78 is 10.4. The van der Waals surface area contributed by atoms with Crippen LogP contribution in [0.5, 0.6) is 0 Å². The Bertz CT molecular complexity index is 696. The normalized spacial score (nSPS) is 24.9. The first-order valence-electron chi connectivity index (χ1n) is 9.65. The molecule has 1 fully saturated rings. The zero-order valence-corrected chi connectivity index (χ0v) is 16.4. The summed E-state index contributed by atoms with van der Waals surface area (Å²) in [6.07, 6.45) is 7.48. The second-order valence-corrected chi connectivity index (χ2v) is 7.61. The lowest BCUT2D eigenvalue weighted by molar-refractivity contribution is -0.174. The molecular formula is C22H29NO4. The molecule has 0 bridgehead atoms. The fourth-order valence-electron chi connectivity index (χ4n) is 4.93. The van der Waals surface area contributed by atoms with E-state index >= 15 is 0 Å². The zero-order valence-electron chi connectivity index (χ0n) is 16.4. The SMILES string of the molecule is COC(=O)C1(C(=O)OC)[C@@H](CC2=CCCCC2)CN(C)[C@@H]1c1ccccc1. The molecule has 0 unspecified atom stereocenters. The van der Waals surface area contributed by atoms with Gasteiger partial charge in [-0.2, -0.15) is 0 Å². The van der Waals surface area contributed by atoms with Gasteiger partial charge in [-0.3, -0.25) is 14.5 Å². The molecule has 1 aromatic carbocycles. The van der Waals surface area contributed by atoms with Crippen LogP contribution in [0.3, 0.4) is 0 Å². The molecule has 0 aromatic heterocycles. The topological polar surface area (TPSA) is 55.8 Å². The highest BCUT2D eigenvalue weighted by Gasteiger charge is 2.65. The lowest BCUT2D eigenvalue weighted by Gasteiger charge is -2.36. The number of hydrogen-bond donors (Lipinski definition) is 0. The molecule has 1 heterocycles. The monoisotopic (exact) mass is 371 g/mol. The van der Waals surface area contributed by atoms with Crippen LogP contribution in [0, 0.1) is 11.3 Å². The van der Waals surface area contributed by atoms with Crippen LogP contribution < -0.4 is 0 Å². The van der Waals surface area contributed by atoms with Crippen LogP contribution in [-0.4, -0.2) is 44.7 Å². The number of rotatable bonds is 5. The summed E-state index contributed by atoms with van der Waals surface area (Å²) in [4.78, 5) is 28.4. The highest BCUT2D eigenvalue weighted by molar-refractivity contribution is 6.02. The highest BCUT2D eigenvalue weighted by atomic mass is 16.5. The number of carbonyl (C=O) groups excluding carboxylic acids is 2. The molecule has 0 amide bonds. The van der Waals surface area contributed by atoms with Crippen molar-refractivity contribution in [3.63, 3.8) is 0 Å². The maximum atomic E-state index is 13.1. The van der Waals surface area contributed by atoms with Crippen molar-refractivity contribution in [3.8, 4) is 0 Å². The minimum Gasteiger partial charge on any atom is -0.468 e. The number of ether oxygens (including phenoxy) is 2. The van der Waals surface area contributed by atoms with Crippen molar-refractivity contribution in [2.75, 3.05) is 27.8 Å². The molecule has 5 heteroatoms. The van der Waals surface area contributed by atoms with Gasteiger partial charge in [-0.25, -0.2) is 0 Å². The number of carbonyl (C=O) groups is 2. The van der Waals surface area contributed by atoms with Gasteiger partial charge in [-0.1, -0.05) is 42.0 Å². The summed E-state index contributed by atoms with van der Waals surface area (Å²) in [6.45, 7) is 0.640. The first-order chi connectivity index (χ1) is 13.1. The first kappa shape index (κ1) is 19.6. The zero-order chi connectivity index (χ0) is 19.4. The fraction of sp³-hybridized carbons (Fsp3) is 0.545. The number of methoxy groups -OCH3 is 2. The Labute approximate surface area is 161 Å². The fourth-order valence-corrected chi connectivity index (χ4v) is 4.93. The van der Waals surface area contributed by atoms with E-state index in [-0.39, 0.29) is 5.92 Å². The number of benzene rings is 1. The van der Waals surface area contributed by atoms with Crippen LogP contribution >= 0.6 is 0 Å². The quantitative estimate of drug-likeness (QED) is 0.450. The van der Waals surface area contributed by atoms with Crippen LogP contribution in [0.25, 0.3) is 0 Å². The molecule has 146 valence electrons. The van der Waals surface area contributed by atoms with Crippen molar-refractivity contribution < 1.29 is 19.1 Å². The summed E-state index contributed by atoms with van der Waals surface area (Å²) >= 11 is 0. The van der Waals surface area contributed by atoms with Gasteiger partial charge < -0.3 is 9.47 Å². The number of hydrogen-bond acceptors (Lipinski definition) is 5. The summed E-state index contributed by atoms with van der Waals surface area (Å²) in [6, 6.07) is 9.31. The maximum absolute atomic E-state index is 13.1. The Balaban J connectivity index is 2.10. The molecule has 1 saturated heterocycles. The minimum absolute atomic E-state index is 0.183. The Morgan fingerprint density at radius 1 is 1.11 bits per heavy atom. The summed E-state index contributed by atoms with van der Waals surface area (Å²) in [7, 11) is 4.67. The number of esters is 2. The summed E-state index contributed by atoms with van der Waals surface area (Å²) in [5.74, 6) is -1.19. The highest BCUT2D eigenvalue weighted by Crippen LogP contribution is 2.54. The number of allylic oxidation sites excluding steroid dienone is 2. The van der Waals surface area contributed by atoms with Crippen molar-refractivity contribution in [1.82, 2.24) is 4.90 Å². The standard InChI is InChI=1S/C22H29NO4/c1-23-15-18(14-16-10-6-4-7-11-16)22(20(24)26-2,21(25)27-3)19(23)17-12-8-5-9-13-17/h5,8-10,12-13,18-19H,4,6-7,11,14-15H2,1-3H3/t18-,19+/m0/s1. The van der Waals surface area contributed by atoms with Crippen LogP contribution in [0.4, 0.5) is 0 Å². The molecule has 1 aliphatic heterocycles. The third kappa shape index (κ3) is 3.41. The Morgan fingerprint density at radius 3 is 2.33 bits per heavy atom. The van der Waals surface area contributed by atoms with Gasteiger partial charge in [0.25, 0.3) is 0 Å².